The summed E-state index contributed by atoms with van der Waals surface area (Å²) < 4.78 is 28.9. The number of nitrogens with zero attached hydrogens (tertiary/aromatic N) is 5. The topological polar surface area (TPSA) is 84.1 Å². The highest BCUT2D eigenvalue weighted by Crippen LogP contribution is 2.34. The van der Waals surface area contributed by atoms with Crippen LogP contribution in [0.1, 0.15) is 34.2 Å². The maximum atomic E-state index is 13.7. The summed E-state index contributed by atoms with van der Waals surface area (Å²) in [5.41, 5.74) is 1.97. The van der Waals surface area contributed by atoms with Gasteiger partial charge in [-0.05, 0) is 13.8 Å². The van der Waals surface area contributed by atoms with Gasteiger partial charge in [0.25, 0.3) is 5.92 Å². The van der Waals surface area contributed by atoms with Gasteiger partial charge in [0, 0.05) is 36.1 Å². The maximum absolute atomic E-state index is 13.7. The van der Waals surface area contributed by atoms with Gasteiger partial charge < -0.3 is 10.0 Å². The Balaban J connectivity index is 1.79. The van der Waals surface area contributed by atoms with Crippen molar-refractivity contribution in [2.24, 2.45) is 5.92 Å². The molecule has 1 aliphatic heterocycles. The Kier molecular flexibility index (Phi) is 4.18. The van der Waals surface area contributed by atoms with Crippen LogP contribution in [0.15, 0.2) is 12.4 Å². The Labute approximate surface area is 143 Å². The van der Waals surface area contributed by atoms with Crippen LogP contribution < -0.4 is 4.90 Å². The summed E-state index contributed by atoms with van der Waals surface area (Å²) in [4.78, 5) is 21.1. The van der Waals surface area contributed by atoms with Gasteiger partial charge in [0.15, 0.2) is 0 Å². The van der Waals surface area contributed by atoms with Crippen molar-refractivity contribution in [3.05, 3.63) is 34.9 Å². The van der Waals surface area contributed by atoms with Crippen LogP contribution in [0.25, 0.3) is 0 Å². The summed E-state index contributed by atoms with van der Waals surface area (Å²) >= 11 is 0. The molecule has 0 radical (unpaired) electrons. The smallest absolute Gasteiger partial charge is 0.339 e. The van der Waals surface area contributed by atoms with Crippen molar-refractivity contribution >= 4 is 11.9 Å². The quantitative estimate of drug-likeness (QED) is 0.908. The molecule has 0 amide bonds. The molecular weight excluding hydrogens is 332 g/mol. The lowest BCUT2D eigenvalue weighted by molar-refractivity contribution is -0.0138. The SMILES string of the molecule is Cc1nc(N2CC(C)C(F)(F)C2)ncc1Cn1cc(C(=O)O)c(C)n1. The molecule has 2 aromatic rings. The molecule has 9 heteroatoms. The van der Waals surface area contributed by atoms with Gasteiger partial charge >= 0.3 is 5.97 Å². The number of anilines is 1. The van der Waals surface area contributed by atoms with Gasteiger partial charge in [-0.2, -0.15) is 5.10 Å². The maximum Gasteiger partial charge on any atom is 0.339 e. The van der Waals surface area contributed by atoms with Crippen molar-refractivity contribution in [2.75, 3.05) is 18.0 Å². The minimum Gasteiger partial charge on any atom is -0.478 e. The zero-order valence-electron chi connectivity index (χ0n) is 14.2. The van der Waals surface area contributed by atoms with Crippen LogP contribution in [-0.2, 0) is 6.54 Å². The predicted molar refractivity (Wildman–Crippen MR) is 86.1 cm³/mol. The largest absolute Gasteiger partial charge is 0.478 e. The molecule has 2 aromatic heterocycles. The molecule has 1 saturated heterocycles. The standard InChI is InChI=1S/C16H19F2N5O2/c1-9-5-22(8-16(9,17)18)15-19-4-12(10(2)20-15)6-23-7-13(14(24)25)11(3)21-23/h4,7,9H,5-6,8H2,1-3H3,(H,24,25). The van der Waals surface area contributed by atoms with Crippen molar-refractivity contribution < 1.29 is 18.7 Å². The molecule has 1 unspecified atom stereocenters. The van der Waals surface area contributed by atoms with E-state index in [4.69, 9.17) is 5.11 Å². The van der Waals surface area contributed by atoms with Crippen molar-refractivity contribution in [3.63, 3.8) is 0 Å². The lowest BCUT2D eigenvalue weighted by atomic mass is 10.1. The van der Waals surface area contributed by atoms with Crippen LogP contribution in [0.3, 0.4) is 0 Å². The Morgan fingerprint density at radius 3 is 2.64 bits per heavy atom. The van der Waals surface area contributed by atoms with Crippen molar-refractivity contribution in [2.45, 2.75) is 33.2 Å². The van der Waals surface area contributed by atoms with E-state index in [0.717, 1.165) is 5.56 Å². The first-order valence-corrected chi connectivity index (χ1v) is 7.90. The van der Waals surface area contributed by atoms with E-state index in [2.05, 4.69) is 15.1 Å². The van der Waals surface area contributed by atoms with E-state index in [-0.39, 0.29) is 24.6 Å². The summed E-state index contributed by atoms with van der Waals surface area (Å²) in [5, 5.41) is 13.2. The van der Waals surface area contributed by atoms with E-state index >= 15 is 0 Å². The number of carboxylic acids is 1. The van der Waals surface area contributed by atoms with Crippen molar-refractivity contribution in [3.8, 4) is 0 Å². The van der Waals surface area contributed by atoms with Gasteiger partial charge in [0.2, 0.25) is 5.95 Å². The van der Waals surface area contributed by atoms with Crippen LogP contribution in [-0.4, -0.2) is 49.8 Å². The molecule has 25 heavy (non-hydrogen) atoms. The molecule has 0 aromatic carbocycles. The lowest BCUT2D eigenvalue weighted by Crippen LogP contribution is -2.27. The third-order valence-corrected chi connectivity index (χ3v) is 4.48. The minimum atomic E-state index is -2.74. The fourth-order valence-corrected chi connectivity index (χ4v) is 2.86. The molecular formula is C16H19F2N5O2. The third-order valence-electron chi connectivity index (χ3n) is 4.48. The number of carbonyl (C=O) groups is 1. The fourth-order valence-electron chi connectivity index (χ4n) is 2.86. The molecule has 134 valence electrons. The third kappa shape index (κ3) is 3.31. The number of aromatic nitrogens is 4. The van der Waals surface area contributed by atoms with E-state index in [9.17, 15) is 13.6 Å². The van der Waals surface area contributed by atoms with Gasteiger partial charge in [-0.1, -0.05) is 6.92 Å². The second kappa shape index (κ2) is 6.05. The number of alkyl halides is 2. The highest BCUT2D eigenvalue weighted by molar-refractivity contribution is 5.88. The van der Waals surface area contributed by atoms with Gasteiger partial charge in [0.05, 0.1) is 18.8 Å². The molecule has 1 aliphatic rings. The molecule has 3 rings (SSSR count). The van der Waals surface area contributed by atoms with E-state index < -0.39 is 17.8 Å². The van der Waals surface area contributed by atoms with Crippen LogP contribution in [0, 0.1) is 19.8 Å². The summed E-state index contributed by atoms with van der Waals surface area (Å²) in [6, 6.07) is 0. The molecule has 0 bridgehead atoms. The van der Waals surface area contributed by atoms with Crippen LogP contribution in [0.2, 0.25) is 0 Å². The number of halogens is 2. The number of carboxylic acid groups (broad SMARTS) is 1. The predicted octanol–water partition coefficient (Wildman–Crippen LogP) is 2.13. The zero-order valence-corrected chi connectivity index (χ0v) is 14.2. The second-order valence-electron chi connectivity index (χ2n) is 6.45. The Morgan fingerprint density at radius 2 is 2.12 bits per heavy atom. The van der Waals surface area contributed by atoms with E-state index in [1.807, 2.05) is 0 Å². The Bertz CT molecular complexity index is 821. The summed E-state index contributed by atoms with van der Waals surface area (Å²) in [7, 11) is 0. The van der Waals surface area contributed by atoms with E-state index in [0.29, 0.717) is 17.9 Å². The molecule has 0 saturated carbocycles. The van der Waals surface area contributed by atoms with E-state index in [1.165, 1.54) is 22.7 Å². The van der Waals surface area contributed by atoms with Gasteiger partial charge in [-0.3, -0.25) is 4.68 Å². The lowest BCUT2D eigenvalue weighted by Gasteiger charge is -2.17. The van der Waals surface area contributed by atoms with E-state index in [1.54, 1.807) is 20.0 Å². The number of aryl methyl sites for hydroxylation is 2. The van der Waals surface area contributed by atoms with Gasteiger partial charge in [-0.15, -0.1) is 0 Å². The minimum absolute atomic E-state index is 0.142. The summed E-state index contributed by atoms with van der Waals surface area (Å²) in [6.07, 6.45) is 3.03. The average Bonchev–Trinajstić information content (AvgIpc) is 3.01. The molecule has 3 heterocycles. The van der Waals surface area contributed by atoms with Crippen LogP contribution in [0.5, 0.6) is 0 Å². The molecule has 7 nitrogen and oxygen atoms in total. The van der Waals surface area contributed by atoms with Gasteiger partial charge in [0.1, 0.15) is 5.56 Å². The number of aromatic carboxylic acids is 1. The fraction of sp³-hybridized carbons (Fsp3) is 0.500. The Hall–Kier alpha value is -2.58. The normalized spacial score (nSPS) is 19.4. The zero-order chi connectivity index (χ0) is 18.4. The molecule has 1 N–H and O–H groups in total. The Morgan fingerprint density at radius 1 is 1.40 bits per heavy atom. The first-order chi connectivity index (χ1) is 11.7. The molecule has 0 spiro atoms. The van der Waals surface area contributed by atoms with Crippen molar-refractivity contribution in [1.82, 2.24) is 19.7 Å². The summed E-state index contributed by atoms with van der Waals surface area (Å²) in [6.45, 7) is 5.06. The molecule has 1 fully saturated rings. The highest BCUT2D eigenvalue weighted by Gasteiger charge is 2.46. The van der Waals surface area contributed by atoms with Crippen LogP contribution >= 0.6 is 0 Å². The van der Waals surface area contributed by atoms with Gasteiger partial charge in [-0.25, -0.2) is 23.5 Å². The number of hydrogen-bond acceptors (Lipinski definition) is 5. The second-order valence-corrected chi connectivity index (χ2v) is 6.45. The highest BCUT2D eigenvalue weighted by atomic mass is 19.3. The number of rotatable bonds is 4. The number of hydrogen-bond donors (Lipinski definition) is 1. The van der Waals surface area contributed by atoms with Crippen LogP contribution in [0.4, 0.5) is 14.7 Å². The molecule has 0 aliphatic carbocycles. The first-order valence-electron chi connectivity index (χ1n) is 7.90. The first kappa shape index (κ1) is 17.2. The molecule has 1 atom stereocenters. The average molecular weight is 351 g/mol. The monoisotopic (exact) mass is 351 g/mol. The van der Waals surface area contributed by atoms with Crippen molar-refractivity contribution in [1.29, 1.82) is 0 Å². The summed E-state index contributed by atoms with van der Waals surface area (Å²) in [5.74, 6) is -4.22.